The predicted molar refractivity (Wildman–Crippen MR) is 82.5 cm³/mol. The summed E-state index contributed by atoms with van der Waals surface area (Å²) in [6.45, 7) is 5.08. The lowest BCUT2D eigenvalue weighted by molar-refractivity contribution is 0.517. The quantitative estimate of drug-likeness (QED) is 0.910. The number of aryl methyl sites for hydroxylation is 1. The number of benzene rings is 1. The number of hydrogen-bond acceptors (Lipinski definition) is 3. The zero-order valence-corrected chi connectivity index (χ0v) is 12.2. The summed E-state index contributed by atoms with van der Waals surface area (Å²) in [6, 6.07) is 8.52. The molecule has 2 heterocycles. The summed E-state index contributed by atoms with van der Waals surface area (Å²) in [5.74, 6) is 3.50. The molecule has 1 unspecified atom stereocenters. The molecule has 1 aromatic heterocycles. The van der Waals surface area contributed by atoms with E-state index in [2.05, 4.69) is 52.9 Å². The number of nitrogens with one attached hydrogen (secondary N) is 1. The summed E-state index contributed by atoms with van der Waals surface area (Å²) in [5, 5.41) is 9.59. The molecule has 1 saturated heterocycles. The molecule has 0 bridgehead atoms. The van der Waals surface area contributed by atoms with Gasteiger partial charge in [-0.2, -0.15) is 16.9 Å². The summed E-state index contributed by atoms with van der Waals surface area (Å²) in [6.07, 6.45) is 1.36. The number of hydrogen-bond donors (Lipinski definition) is 1. The first kappa shape index (κ1) is 13.0. The van der Waals surface area contributed by atoms with E-state index < -0.39 is 0 Å². The summed E-state index contributed by atoms with van der Waals surface area (Å²) < 4.78 is 2.10. The van der Waals surface area contributed by atoms with Gasteiger partial charge in [0.2, 0.25) is 0 Å². The average Bonchev–Trinajstić information content (AvgIpc) is 3.07. The van der Waals surface area contributed by atoms with Crippen LogP contribution in [0, 0.1) is 5.92 Å². The molecule has 1 aliphatic heterocycles. The standard InChI is InChI=1S/C15H21N3S/c1-2-18-15-6-4-3-5-13(15)14(17-18)10-16-9-12-7-8-19-11-12/h3-6,12,16H,2,7-11H2,1H3. The number of thioether (sulfide) groups is 1. The van der Waals surface area contributed by atoms with Crippen molar-refractivity contribution in [1.29, 1.82) is 0 Å². The van der Waals surface area contributed by atoms with Crippen LogP contribution < -0.4 is 5.32 Å². The molecule has 1 aromatic carbocycles. The molecule has 3 rings (SSSR count). The van der Waals surface area contributed by atoms with E-state index in [4.69, 9.17) is 5.10 Å². The van der Waals surface area contributed by atoms with Crippen molar-refractivity contribution in [2.45, 2.75) is 26.4 Å². The normalized spacial score (nSPS) is 19.3. The third-order valence-corrected chi connectivity index (χ3v) is 5.01. The van der Waals surface area contributed by atoms with Gasteiger partial charge >= 0.3 is 0 Å². The first-order valence-electron chi connectivity index (χ1n) is 7.11. The molecule has 0 saturated carbocycles. The molecule has 0 radical (unpaired) electrons. The van der Waals surface area contributed by atoms with Crippen LogP contribution in [0.3, 0.4) is 0 Å². The highest BCUT2D eigenvalue weighted by atomic mass is 32.2. The van der Waals surface area contributed by atoms with Crippen LogP contribution in [-0.2, 0) is 13.1 Å². The van der Waals surface area contributed by atoms with Gasteiger partial charge in [0.05, 0.1) is 11.2 Å². The number of fused-ring (bicyclic) bond motifs is 1. The molecule has 1 N–H and O–H groups in total. The molecule has 4 heteroatoms. The van der Waals surface area contributed by atoms with Gasteiger partial charge in [-0.3, -0.25) is 4.68 Å². The molecule has 0 aliphatic carbocycles. The minimum absolute atomic E-state index is 0.851. The summed E-state index contributed by atoms with van der Waals surface area (Å²) in [5.41, 5.74) is 2.43. The first-order chi connectivity index (χ1) is 9.38. The highest BCUT2D eigenvalue weighted by molar-refractivity contribution is 7.99. The smallest absolute Gasteiger partial charge is 0.0841 e. The molecule has 19 heavy (non-hydrogen) atoms. The van der Waals surface area contributed by atoms with E-state index in [-0.39, 0.29) is 0 Å². The molecule has 2 aromatic rings. The Morgan fingerprint density at radius 2 is 2.32 bits per heavy atom. The van der Waals surface area contributed by atoms with Gasteiger partial charge in [0.25, 0.3) is 0 Å². The van der Waals surface area contributed by atoms with Crippen molar-refractivity contribution in [3.8, 4) is 0 Å². The molecule has 1 fully saturated rings. The maximum absolute atomic E-state index is 4.72. The van der Waals surface area contributed by atoms with Crippen molar-refractivity contribution in [2.24, 2.45) is 5.92 Å². The molecule has 1 aliphatic rings. The number of rotatable bonds is 5. The SMILES string of the molecule is CCn1nc(CNCC2CCSC2)c2ccccc21. The summed E-state index contributed by atoms with van der Waals surface area (Å²) >= 11 is 2.08. The fraction of sp³-hybridized carbons (Fsp3) is 0.533. The molecule has 102 valence electrons. The molecular formula is C15H21N3S. The molecule has 0 amide bonds. The van der Waals surface area contributed by atoms with Gasteiger partial charge in [0.15, 0.2) is 0 Å². The van der Waals surface area contributed by atoms with Crippen LogP contribution in [-0.4, -0.2) is 27.8 Å². The highest BCUT2D eigenvalue weighted by Crippen LogP contribution is 2.23. The van der Waals surface area contributed by atoms with Crippen molar-refractivity contribution in [2.75, 3.05) is 18.1 Å². The van der Waals surface area contributed by atoms with Gasteiger partial charge in [0.1, 0.15) is 0 Å². The average molecular weight is 275 g/mol. The van der Waals surface area contributed by atoms with Crippen LogP contribution in [0.5, 0.6) is 0 Å². The highest BCUT2D eigenvalue weighted by Gasteiger charge is 2.15. The maximum atomic E-state index is 4.72. The van der Waals surface area contributed by atoms with Gasteiger partial charge in [-0.05, 0) is 43.4 Å². The van der Waals surface area contributed by atoms with Gasteiger partial charge < -0.3 is 5.32 Å². The first-order valence-corrected chi connectivity index (χ1v) is 8.27. The Labute approximate surface area is 118 Å². The third-order valence-electron chi connectivity index (χ3n) is 3.78. The van der Waals surface area contributed by atoms with Crippen molar-refractivity contribution < 1.29 is 0 Å². The van der Waals surface area contributed by atoms with Gasteiger partial charge in [0, 0.05) is 18.5 Å². The Morgan fingerprint density at radius 3 is 3.11 bits per heavy atom. The zero-order chi connectivity index (χ0) is 13.1. The van der Waals surface area contributed by atoms with Gasteiger partial charge in [-0.15, -0.1) is 0 Å². The summed E-state index contributed by atoms with van der Waals surface area (Å²) in [4.78, 5) is 0. The fourth-order valence-electron chi connectivity index (χ4n) is 2.71. The van der Waals surface area contributed by atoms with E-state index in [1.165, 1.54) is 34.5 Å². The van der Waals surface area contributed by atoms with Crippen molar-refractivity contribution >= 4 is 22.7 Å². The van der Waals surface area contributed by atoms with E-state index in [0.29, 0.717) is 0 Å². The van der Waals surface area contributed by atoms with Gasteiger partial charge in [-0.25, -0.2) is 0 Å². The largest absolute Gasteiger partial charge is 0.311 e. The van der Waals surface area contributed by atoms with Crippen LogP contribution in [0.1, 0.15) is 19.0 Å². The number of para-hydroxylation sites is 1. The topological polar surface area (TPSA) is 29.9 Å². The predicted octanol–water partition coefficient (Wildman–Crippen LogP) is 2.90. The van der Waals surface area contributed by atoms with Crippen LogP contribution in [0.2, 0.25) is 0 Å². The van der Waals surface area contributed by atoms with E-state index in [1.54, 1.807) is 0 Å². The Hall–Kier alpha value is -1.00. The summed E-state index contributed by atoms with van der Waals surface area (Å²) in [7, 11) is 0. The Morgan fingerprint density at radius 1 is 1.42 bits per heavy atom. The van der Waals surface area contributed by atoms with Crippen LogP contribution >= 0.6 is 11.8 Å². The fourth-order valence-corrected chi connectivity index (χ4v) is 3.99. The second kappa shape index (κ2) is 5.97. The number of aromatic nitrogens is 2. The van der Waals surface area contributed by atoms with Crippen LogP contribution in [0.25, 0.3) is 10.9 Å². The van der Waals surface area contributed by atoms with E-state index in [9.17, 15) is 0 Å². The lowest BCUT2D eigenvalue weighted by atomic mass is 10.1. The Bertz CT molecular complexity index is 543. The molecule has 0 spiro atoms. The molecule has 3 nitrogen and oxygen atoms in total. The molecule has 1 atom stereocenters. The van der Waals surface area contributed by atoms with Crippen molar-refractivity contribution in [3.05, 3.63) is 30.0 Å². The van der Waals surface area contributed by atoms with E-state index >= 15 is 0 Å². The minimum Gasteiger partial charge on any atom is -0.311 e. The van der Waals surface area contributed by atoms with Gasteiger partial charge in [-0.1, -0.05) is 18.2 Å². The minimum atomic E-state index is 0.851. The van der Waals surface area contributed by atoms with Crippen molar-refractivity contribution in [1.82, 2.24) is 15.1 Å². The van der Waals surface area contributed by atoms with Crippen LogP contribution in [0.4, 0.5) is 0 Å². The lowest BCUT2D eigenvalue weighted by Gasteiger charge is -2.08. The second-order valence-electron chi connectivity index (χ2n) is 5.14. The Balaban J connectivity index is 1.69. The van der Waals surface area contributed by atoms with Crippen molar-refractivity contribution in [3.63, 3.8) is 0 Å². The Kier molecular flexibility index (Phi) is 4.09. The zero-order valence-electron chi connectivity index (χ0n) is 11.4. The molecular weight excluding hydrogens is 254 g/mol. The monoisotopic (exact) mass is 275 g/mol. The lowest BCUT2D eigenvalue weighted by Crippen LogP contribution is -2.22. The van der Waals surface area contributed by atoms with E-state index in [1.807, 2.05) is 0 Å². The number of nitrogens with zero attached hydrogens (tertiary/aromatic N) is 2. The third kappa shape index (κ3) is 2.79. The maximum Gasteiger partial charge on any atom is 0.0841 e. The van der Waals surface area contributed by atoms with Crippen LogP contribution in [0.15, 0.2) is 24.3 Å². The second-order valence-corrected chi connectivity index (χ2v) is 6.29. The van der Waals surface area contributed by atoms with E-state index in [0.717, 1.165) is 25.6 Å².